The van der Waals surface area contributed by atoms with E-state index in [1.165, 1.54) is 7.11 Å². The molecular weight excluding hydrogens is 236 g/mol. The fraction of sp³-hybridized carbons (Fsp3) is 0.462. The molecule has 0 aromatic heterocycles. The maximum atomic E-state index is 11.7. The fourth-order valence-electron chi connectivity index (χ4n) is 2.15. The van der Waals surface area contributed by atoms with E-state index in [1.54, 1.807) is 6.92 Å². The molecule has 0 saturated heterocycles. The van der Waals surface area contributed by atoms with Crippen LogP contribution in [0.25, 0.3) is 0 Å². The van der Waals surface area contributed by atoms with Gasteiger partial charge in [0.05, 0.1) is 13.7 Å². The van der Waals surface area contributed by atoms with Crippen molar-refractivity contribution >= 4 is 5.97 Å². The van der Waals surface area contributed by atoms with E-state index in [-0.39, 0.29) is 19.0 Å². The van der Waals surface area contributed by atoms with Crippen LogP contribution >= 0.6 is 0 Å². The third-order valence-corrected chi connectivity index (χ3v) is 3.08. The number of hydrogen-bond acceptors (Lipinski definition) is 5. The van der Waals surface area contributed by atoms with Crippen molar-refractivity contribution in [3.05, 3.63) is 22.3 Å². The van der Waals surface area contributed by atoms with Gasteiger partial charge in [0, 0.05) is 23.3 Å². The topological polar surface area (TPSA) is 65.0 Å². The van der Waals surface area contributed by atoms with Crippen LogP contribution in [0.1, 0.15) is 34.0 Å². The largest absolute Gasteiger partial charge is 0.507 e. The van der Waals surface area contributed by atoms with E-state index in [9.17, 15) is 9.90 Å². The summed E-state index contributed by atoms with van der Waals surface area (Å²) in [6, 6.07) is 0. The lowest BCUT2D eigenvalue weighted by Crippen LogP contribution is -2.05. The molecule has 0 bridgehead atoms. The Labute approximate surface area is 105 Å². The predicted octanol–water partition coefficient (Wildman–Crippen LogP) is 1.92. The van der Waals surface area contributed by atoms with Gasteiger partial charge in [-0.1, -0.05) is 0 Å². The van der Waals surface area contributed by atoms with Crippen molar-refractivity contribution in [3.63, 3.8) is 0 Å². The van der Waals surface area contributed by atoms with E-state index in [4.69, 9.17) is 14.2 Å². The summed E-state index contributed by atoms with van der Waals surface area (Å²) < 4.78 is 15.5. The molecule has 0 atom stereocenters. The van der Waals surface area contributed by atoms with Crippen molar-refractivity contribution in [2.24, 2.45) is 0 Å². The lowest BCUT2D eigenvalue weighted by Gasteiger charge is -2.15. The van der Waals surface area contributed by atoms with Crippen LogP contribution in [-0.2, 0) is 22.7 Å². The van der Waals surface area contributed by atoms with Crippen LogP contribution in [0.2, 0.25) is 0 Å². The van der Waals surface area contributed by atoms with E-state index in [0.29, 0.717) is 34.6 Å². The van der Waals surface area contributed by atoms with Crippen molar-refractivity contribution in [1.82, 2.24) is 0 Å². The van der Waals surface area contributed by atoms with E-state index >= 15 is 0 Å². The normalized spacial score (nSPS) is 13.4. The van der Waals surface area contributed by atoms with Gasteiger partial charge in [0.25, 0.3) is 0 Å². The number of esters is 1. The quantitative estimate of drug-likeness (QED) is 0.829. The Morgan fingerprint density at radius 2 is 2.17 bits per heavy atom. The van der Waals surface area contributed by atoms with Crippen LogP contribution in [-0.4, -0.2) is 24.8 Å². The summed E-state index contributed by atoms with van der Waals surface area (Å²) in [7, 11) is 1.47. The fourth-order valence-corrected chi connectivity index (χ4v) is 2.15. The average Bonchev–Trinajstić information content (AvgIpc) is 2.73. The molecule has 0 fully saturated rings. The van der Waals surface area contributed by atoms with Crippen molar-refractivity contribution in [2.45, 2.75) is 27.1 Å². The molecule has 5 heteroatoms. The SMILES string of the molecule is CCOCc1c(O)c(C)c(OC)c2c1COC2=O. The van der Waals surface area contributed by atoms with Crippen LogP contribution in [0, 0.1) is 6.92 Å². The van der Waals surface area contributed by atoms with Gasteiger partial charge < -0.3 is 19.3 Å². The Kier molecular flexibility index (Phi) is 3.43. The lowest BCUT2D eigenvalue weighted by atomic mass is 9.97. The zero-order valence-electron chi connectivity index (χ0n) is 10.7. The second-order valence-electron chi connectivity index (χ2n) is 4.05. The smallest absolute Gasteiger partial charge is 0.342 e. The van der Waals surface area contributed by atoms with Crippen LogP contribution in [0.4, 0.5) is 0 Å². The first kappa shape index (κ1) is 12.7. The number of aromatic hydroxyl groups is 1. The second kappa shape index (κ2) is 4.86. The molecule has 0 spiro atoms. The number of rotatable bonds is 4. The van der Waals surface area contributed by atoms with Crippen LogP contribution < -0.4 is 4.74 Å². The van der Waals surface area contributed by atoms with Crippen molar-refractivity contribution in [3.8, 4) is 11.5 Å². The molecule has 5 nitrogen and oxygen atoms in total. The first-order valence-electron chi connectivity index (χ1n) is 5.77. The summed E-state index contributed by atoms with van der Waals surface area (Å²) in [5, 5.41) is 10.2. The lowest BCUT2D eigenvalue weighted by molar-refractivity contribution is 0.0531. The molecule has 1 aromatic carbocycles. The molecule has 1 N–H and O–H groups in total. The zero-order valence-corrected chi connectivity index (χ0v) is 10.7. The minimum Gasteiger partial charge on any atom is -0.507 e. The van der Waals surface area contributed by atoms with Crippen LogP contribution in [0.15, 0.2) is 0 Å². The number of phenolic OH excluding ortho intramolecular Hbond substituents is 1. The third-order valence-electron chi connectivity index (χ3n) is 3.08. The molecule has 0 aliphatic carbocycles. The number of cyclic esters (lactones) is 1. The number of carbonyl (C=O) groups is 1. The van der Waals surface area contributed by atoms with Gasteiger partial charge in [0.1, 0.15) is 23.7 Å². The molecule has 1 aromatic rings. The van der Waals surface area contributed by atoms with Crippen LogP contribution in [0.5, 0.6) is 11.5 Å². The number of ether oxygens (including phenoxy) is 3. The zero-order chi connectivity index (χ0) is 13.3. The Balaban J connectivity index is 2.62. The van der Waals surface area contributed by atoms with E-state index < -0.39 is 5.97 Å². The molecule has 0 amide bonds. The van der Waals surface area contributed by atoms with Gasteiger partial charge >= 0.3 is 5.97 Å². The Morgan fingerprint density at radius 3 is 2.78 bits per heavy atom. The standard InChI is InChI=1S/C13H16O5/c1-4-17-5-9-8-6-18-13(15)10(8)12(16-3)7(2)11(9)14/h14H,4-6H2,1-3H3. The van der Waals surface area contributed by atoms with Gasteiger partial charge in [0.2, 0.25) is 0 Å². The minimum absolute atomic E-state index is 0.109. The third kappa shape index (κ3) is 1.80. The Bertz CT molecular complexity index is 493. The number of benzene rings is 1. The molecule has 18 heavy (non-hydrogen) atoms. The Hall–Kier alpha value is -1.75. The molecule has 1 heterocycles. The summed E-state index contributed by atoms with van der Waals surface area (Å²) in [6.07, 6.45) is 0. The van der Waals surface area contributed by atoms with Gasteiger partial charge in [0.15, 0.2) is 0 Å². The molecule has 1 aliphatic heterocycles. The maximum absolute atomic E-state index is 11.7. The number of carbonyl (C=O) groups excluding carboxylic acids is 1. The molecule has 0 radical (unpaired) electrons. The van der Waals surface area contributed by atoms with Crippen molar-refractivity contribution in [1.29, 1.82) is 0 Å². The van der Waals surface area contributed by atoms with Crippen LogP contribution in [0.3, 0.4) is 0 Å². The summed E-state index contributed by atoms with van der Waals surface area (Å²) in [6.45, 7) is 4.52. The van der Waals surface area contributed by atoms with Gasteiger partial charge in [-0.3, -0.25) is 0 Å². The van der Waals surface area contributed by atoms with E-state index in [1.807, 2.05) is 6.92 Å². The molecular formula is C13H16O5. The highest BCUT2D eigenvalue weighted by atomic mass is 16.5. The van der Waals surface area contributed by atoms with E-state index in [0.717, 1.165) is 0 Å². The first-order chi connectivity index (χ1) is 8.61. The summed E-state index contributed by atoms with van der Waals surface area (Å²) in [5.74, 6) is 0.0743. The van der Waals surface area contributed by atoms with Gasteiger partial charge in [-0.05, 0) is 13.8 Å². The maximum Gasteiger partial charge on any atom is 0.342 e. The van der Waals surface area contributed by atoms with Crippen molar-refractivity contribution in [2.75, 3.05) is 13.7 Å². The number of hydrogen-bond donors (Lipinski definition) is 1. The molecule has 0 unspecified atom stereocenters. The van der Waals surface area contributed by atoms with Gasteiger partial charge in [-0.15, -0.1) is 0 Å². The number of methoxy groups -OCH3 is 1. The summed E-state index contributed by atoms with van der Waals surface area (Å²) in [5.41, 5.74) is 2.21. The highest BCUT2D eigenvalue weighted by Crippen LogP contribution is 2.41. The second-order valence-corrected chi connectivity index (χ2v) is 4.05. The minimum atomic E-state index is -0.414. The summed E-state index contributed by atoms with van der Waals surface area (Å²) in [4.78, 5) is 11.7. The van der Waals surface area contributed by atoms with E-state index in [2.05, 4.69) is 0 Å². The highest BCUT2D eigenvalue weighted by molar-refractivity contribution is 5.98. The molecule has 98 valence electrons. The predicted molar refractivity (Wildman–Crippen MR) is 63.8 cm³/mol. The average molecular weight is 252 g/mol. The summed E-state index contributed by atoms with van der Waals surface area (Å²) >= 11 is 0. The van der Waals surface area contributed by atoms with Gasteiger partial charge in [-0.25, -0.2) is 4.79 Å². The monoisotopic (exact) mass is 252 g/mol. The number of fused-ring (bicyclic) bond motifs is 1. The first-order valence-corrected chi connectivity index (χ1v) is 5.77. The molecule has 2 rings (SSSR count). The van der Waals surface area contributed by atoms with Crippen molar-refractivity contribution < 1.29 is 24.1 Å². The molecule has 0 saturated carbocycles. The molecule has 1 aliphatic rings. The Morgan fingerprint density at radius 1 is 1.44 bits per heavy atom. The highest BCUT2D eigenvalue weighted by Gasteiger charge is 2.32. The van der Waals surface area contributed by atoms with Gasteiger partial charge in [-0.2, -0.15) is 0 Å². The number of phenols is 1.